The number of benzene rings is 1. The number of rotatable bonds is 5. The lowest BCUT2D eigenvalue weighted by Gasteiger charge is -2.43. The van der Waals surface area contributed by atoms with Gasteiger partial charge in [0.05, 0.1) is 11.9 Å². The van der Waals surface area contributed by atoms with E-state index in [2.05, 4.69) is 72.8 Å². The van der Waals surface area contributed by atoms with Crippen molar-refractivity contribution in [1.29, 1.82) is 0 Å². The predicted octanol–water partition coefficient (Wildman–Crippen LogP) is 4.00. The third-order valence-corrected chi connectivity index (χ3v) is 5.65. The number of hydrogen-bond donors (Lipinski definition) is 1. The van der Waals surface area contributed by atoms with Gasteiger partial charge in [-0.25, -0.2) is 0 Å². The zero-order chi connectivity index (χ0) is 18.0. The van der Waals surface area contributed by atoms with E-state index in [-0.39, 0.29) is 0 Å². The largest absolute Gasteiger partial charge is 0.296 e. The van der Waals surface area contributed by atoms with Gasteiger partial charge in [0.25, 0.3) is 0 Å². The Hall–Kier alpha value is -1.65. The molecule has 0 bridgehead atoms. The Morgan fingerprint density at radius 1 is 1.20 bits per heavy atom. The second-order valence-electron chi connectivity index (χ2n) is 7.70. The van der Waals surface area contributed by atoms with Crippen LogP contribution in [0.2, 0.25) is 0 Å². The topological polar surface area (TPSA) is 35.2 Å². The summed E-state index contributed by atoms with van der Waals surface area (Å²) in [5, 5.41) is 7.56. The number of hydrogen-bond acceptors (Lipinski definition) is 3. The lowest BCUT2D eigenvalue weighted by molar-refractivity contribution is 0.0457. The van der Waals surface area contributed by atoms with Crippen molar-refractivity contribution < 1.29 is 0 Å². The van der Waals surface area contributed by atoms with E-state index in [1.807, 2.05) is 6.20 Å². The number of aromatic nitrogens is 2. The molecule has 0 saturated carbocycles. The van der Waals surface area contributed by atoms with Crippen LogP contribution in [0.25, 0.3) is 11.3 Å². The minimum Gasteiger partial charge on any atom is -0.296 e. The Morgan fingerprint density at radius 3 is 2.68 bits per heavy atom. The Labute approximate surface area is 152 Å². The second kappa shape index (κ2) is 7.71. The Balaban J connectivity index is 1.74. The molecule has 1 aromatic heterocycles. The minimum atomic E-state index is 0.632. The molecule has 4 heteroatoms. The molecule has 1 saturated heterocycles. The molecule has 3 rings (SSSR count). The molecule has 0 spiro atoms. The molecular weight excluding hydrogens is 308 g/mol. The van der Waals surface area contributed by atoms with E-state index < -0.39 is 0 Å². The van der Waals surface area contributed by atoms with Gasteiger partial charge in [0.2, 0.25) is 0 Å². The summed E-state index contributed by atoms with van der Waals surface area (Å²) >= 11 is 0. The van der Waals surface area contributed by atoms with Crippen molar-refractivity contribution in [3.8, 4) is 11.3 Å². The number of aryl methyl sites for hydroxylation is 2. The van der Waals surface area contributed by atoms with Gasteiger partial charge >= 0.3 is 0 Å². The summed E-state index contributed by atoms with van der Waals surface area (Å²) in [4.78, 5) is 5.23. The highest BCUT2D eigenvalue weighted by Gasteiger charge is 2.27. The van der Waals surface area contributed by atoms with Gasteiger partial charge in [0.15, 0.2) is 0 Å². The number of piperazine rings is 1. The molecule has 2 heterocycles. The molecular formula is C21H32N4. The van der Waals surface area contributed by atoms with E-state index in [0.717, 1.165) is 26.2 Å². The van der Waals surface area contributed by atoms with Crippen molar-refractivity contribution in [2.45, 2.75) is 59.7 Å². The van der Waals surface area contributed by atoms with Gasteiger partial charge in [-0.3, -0.25) is 14.9 Å². The average Bonchev–Trinajstić information content (AvgIpc) is 3.05. The van der Waals surface area contributed by atoms with E-state index >= 15 is 0 Å². The predicted molar refractivity (Wildman–Crippen MR) is 105 cm³/mol. The SMILES string of the molecule is CC[C@@H]1CN(Cc2cn[nH]c2-c2ccc(C)c(C)c2)CCN1C(C)C. The maximum absolute atomic E-state index is 4.34. The van der Waals surface area contributed by atoms with E-state index in [9.17, 15) is 0 Å². The molecule has 1 aliphatic heterocycles. The lowest BCUT2D eigenvalue weighted by Crippen LogP contribution is -2.54. The molecule has 0 radical (unpaired) electrons. The summed E-state index contributed by atoms with van der Waals surface area (Å²) in [6.45, 7) is 15.7. The van der Waals surface area contributed by atoms with Gasteiger partial charge in [-0.15, -0.1) is 0 Å². The summed E-state index contributed by atoms with van der Waals surface area (Å²) in [5.74, 6) is 0. The molecule has 25 heavy (non-hydrogen) atoms. The van der Waals surface area contributed by atoms with Crippen LogP contribution in [0.15, 0.2) is 24.4 Å². The maximum atomic E-state index is 4.34. The normalized spacial score (nSPS) is 19.7. The number of nitrogens with one attached hydrogen (secondary N) is 1. The van der Waals surface area contributed by atoms with Crippen molar-refractivity contribution in [2.75, 3.05) is 19.6 Å². The molecule has 1 aromatic carbocycles. The first-order valence-corrected chi connectivity index (χ1v) is 9.57. The fourth-order valence-electron chi connectivity index (χ4n) is 3.94. The van der Waals surface area contributed by atoms with Crippen LogP contribution in [0.5, 0.6) is 0 Å². The maximum Gasteiger partial charge on any atom is 0.0695 e. The molecule has 1 atom stereocenters. The van der Waals surface area contributed by atoms with Crippen LogP contribution in [-0.2, 0) is 6.54 Å². The minimum absolute atomic E-state index is 0.632. The third kappa shape index (κ3) is 3.96. The highest BCUT2D eigenvalue weighted by Crippen LogP contribution is 2.26. The molecule has 0 amide bonds. The fraction of sp³-hybridized carbons (Fsp3) is 0.571. The summed E-state index contributed by atoms with van der Waals surface area (Å²) in [7, 11) is 0. The van der Waals surface area contributed by atoms with Gasteiger partial charge in [-0.05, 0) is 51.3 Å². The van der Waals surface area contributed by atoms with Crippen molar-refractivity contribution >= 4 is 0 Å². The Bertz CT molecular complexity index is 704. The molecule has 1 aliphatic rings. The summed E-state index contributed by atoms with van der Waals surface area (Å²) in [5.41, 5.74) is 6.37. The van der Waals surface area contributed by atoms with E-state index in [1.165, 1.54) is 34.4 Å². The Kier molecular flexibility index (Phi) is 5.60. The van der Waals surface area contributed by atoms with Gasteiger partial charge in [0.1, 0.15) is 0 Å². The quantitative estimate of drug-likeness (QED) is 0.893. The monoisotopic (exact) mass is 340 g/mol. The summed E-state index contributed by atoms with van der Waals surface area (Å²) in [6, 6.07) is 7.95. The standard InChI is InChI=1S/C21H32N4/c1-6-20-14-24(9-10-25(20)15(2)3)13-19-12-22-23-21(19)18-8-7-16(4)17(5)11-18/h7-8,11-12,15,20H,6,9-10,13-14H2,1-5H3,(H,22,23)/t20-/m1/s1. The number of aromatic amines is 1. The van der Waals surface area contributed by atoms with Crippen LogP contribution in [0.1, 0.15) is 43.9 Å². The van der Waals surface area contributed by atoms with Gasteiger partial charge in [0, 0.05) is 49.4 Å². The van der Waals surface area contributed by atoms with E-state index in [0.29, 0.717) is 12.1 Å². The highest BCUT2D eigenvalue weighted by atomic mass is 15.3. The molecule has 0 aliphatic carbocycles. The first-order valence-electron chi connectivity index (χ1n) is 9.57. The summed E-state index contributed by atoms with van der Waals surface area (Å²) < 4.78 is 0. The van der Waals surface area contributed by atoms with Crippen LogP contribution in [0.4, 0.5) is 0 Å². The van der Waals surface area contributed by atoms with Crippen LogP contribution in [0.3, 0.4) is 0 Å². The third-order valence-electron chi connectivity index (χ3n) is 5.65. The average molecular weight is 341 g/mol. The van der Waals surface area contributed by atoms with Crippen LogP contribution in [0, 0.1) is 13.8 Å². The smallest absolute Gasteiger partial charge is 0.0695 e. The zero-order valence-electron chi connectivity index (χ0n) is 16.3. The number of H-pyrrole nitrogens is 1. The molecule has 4 nitrogen and oxygen atoms in total. The van der Waals surface area contributed by atoms with Crippen molar-refractivity contribution in [3.05, 3.63) is 41.1 Å². The fourth-order valence-corrected chi connectivity index (χ4v) is 3.94. The molecule has 1 N–H and O–H groups in total. The van der Waals surface area contributed by atoms with Crippen LogP contribution >= 0.6 is 0 Å². The van der Waals surface area contributed by atoms with Gasteiger partial charge in [-0.2, -0.15) is 5.10 Å². The molecule has 2 aromatic rings. The number of nitrogens with zero attached hydrogens (tertiary/aromatic N) is 3. The van der Waals surface area contributed by atoms with Crippen LogP contribution < -0.4 is 0 Å². The lowest BCUT2D eigenvalue weighted by atomic mass is 10.0. The van der Waals surface area contributed by atoms with E-state index in [1.54, 1.807) is 0 Å². The van der Waals surface area contributed by atoms with Crippen molar-refractivity contribution in [1.82, 2.24) is 20.0 Å². The highest BCUT2D eigenvalue weighted by molar-refractivity contribution is 5.64. The first-order chi connectivity index (χ1) is 12.0. The van der Waals surface area contributed by atoms with Gasteiger partial charge in [-0.1, -0.05) is 19.1 Å². The first kappa shape index (κ1) is 18.2. The van der Waals surface area contributed by atoms with E-state index in [4.69, 9.17) is 0 Å². The molecule has 136 valence electrons. The summed E-state index contributed by atoms with van der Waals surface area (Å²) in [6.07, 6.45) is 3.21. The zero-order valence-corrected chi connectivity index (χ0v) is 16.3. The molecule has 0 unspecified atom stereocenters. The second-order valence-corrected chi connectivity index (χ2v) is 7.70. The Morgan fingerprint density at radius 2 is 2.00 bits per heavy atom. The van der Waals surface area contributed by atoms with Gasteiger partial charge < -0.3 is 0 Å². The molecule has 1 fully saturated rings. The van der Waals surface area contributed by atoms with Crippen molar-refractivity contribution in [2.24, 2.45) is 0 Å². The van der Waals surface area contributed by atoms with Crippen LogP contribution in [-0.4, -0.2) is 51.7 Å². The van der Waals surface area contributed by atoms with Crippen molar-refractivity contribution in [3.63, 3.8) is 0 Å².